The molecule has 7 nitrogen and oxygen atoms in total. The van der Waals surface area contributed by atoms with Crippen LogP contribution in [0.4, 0.5) is 5.69 Å². The molecule has 1 aliphatic heterocycles. The molecule has 1 aliphatic rings. The molecule has 0 aliphatic carbocycles. The molecule has 0 spiro atoms. The first-order valence-corrected chi connectivity index (χ1v) is 12.0. The zero-order valence-corrected chi connectivity index (χ0v) is 18.4. The highest BCUT2D eigenvalue weighted by Crippen LogP contribution is 2.35. The topological polar surface area (TPSA) is 93.1 Å². The predicted molar refractivity (Wildman–Crippen MR) is 120 cm³/mol. The number of sulfonamides is 1. The molecule has 2 aromatic carbocycles. The van der Waals surface area contributed by atoms with Crippen LogP contribution < -0.4 is 4.90 Å². The predicted octanol–water partition coefficient (Wildman–Crippen LogP) is 3.24. The van der Waals surface area contributed by atoms with Gasteiger partial charge in [0.2, 0.25) is 10.0 Å². The van der Waals surface area contributed by atoms with Crippen molar-refractivity contribution in [3.63, 3.8) is 0 Å². The third-order valence-corrected chi connectivity index (χ3v) is 7.15. The molecule has 0 saturated carbocycles. The van der Waals surface area contributed by atoms with Gasteiger partial charge in [-0.05, 0) is 35.2 Å². The van der Waals surface area contributed by atoms with Gasteiger partial charge in [-0.3, -0.25) is 0 Å². The quantitative estimate of drug-likeness (QED) is 0.664. The highest BCUT2D eigenvalue weighted by molar-refractivity contribution is 7.88. The van der Waals surface area contributed by atoms with Gasteiger partial charge in [-0.15, -0.1) is 0 Å². The van der Waals surface area contributed by atoms with Crippen LogP contribution in [-0.4, -0.2) is 41.5 Å². The molecule has 2 atom stereocenters. The van der Waals surface area contributed by atoms with Gasteiger partial charge in [-0.1, -0.05) is 37.3 Å². The minimum absolute atomic E-state index is 0.0232. The third kappa shape index (κ3) is 4.48. The van der Waals surface area contributed by atoms with E-state index >= 15 is 0 Å². The summed E-state index contributed by atoms with van der Waals surface area (Å²) < 4.78 is 27.4. The molecule has 0 radical (unpaired) electrons. The van der Waals surface area contributed by atoms with Crippen LogP contribution in [0.3, 0.4) is 0 Å². The van der Waals surface area contributed by atoms with Crippen LogP contribution in [0, 0.1) is 11.3 Å². The summed E-state index contributed by atoms with van der Waals surface area (Å²) in [6.45, 7) is 3.38. The number of nitriles is 1. The Hall–Kier alpha value is -3.15. The van der Waals surface area contributed by atoms with Crippen molar-refractivity contribution in [1.82, 2.24) is 14.3 Å². The zero-order valence-electron chi connectivity index (χ0n) is 17.6. The van der Waals surface area contributed by atoms with Crippen molar-refractivity contribution >= 4 is 15.7 Å². The van der Waals surface area contributed by atoms with E-state index in [0.717, 1.165) is 22.5 Å². The number of nitrogens with one attached hydrogen (secondary N) is 1. The normalized spacial score (nSPS) is 18.1. The van der Waals surface area contributed by atoms with Crippen LogP contribution in [-0.2, 0) is 23.1 Å². The number of hydrogen-bond acceptors (Lipinski definition) is 5. The second-order valence-electron chi connectivity index (χ2n) is 7.99. The number of aromatic nitrogens is 2. The fourth-order valence-electron chi connectivity index (χ4n) is 4.27. The van der Waals surface area contributed by atoms with E-state index in [1.165, 1.54) is 6.26 Å². The van der Waals surface area contributed by atoms with Crippen molar-refractivity contribution in [2.24, 2.45) is 0 Å². The maximum absolute atomic E-state index is 12.9. The van der Waals surface area contributed by atoms with Gasteiger partial charge >= 0.3 is 0 Å². The van der Waals surface area contributed by atoms with Gasteiger partial charge in [0, 0.05) is 31.0 Å². The second kappa shape index (κ2) is 8.53. The fourth-order valence-corrected chi connectivity index (χ4v) is 5.38. The molecule has 0 fully saturated rings. The molecule has 31 heavy (non-hydrogen) atoms. The molecule has 1 aromatic heterocycles. The number of imidazole rings is 1. The van der Waals surface area contributed by atoms with Crippen LogP contribution in [0.1, 0.15) is 35.2 Å². The SMILES string of the molecule is C[C@H](c1ccccc1)[C@@H]1CN(Cc2cnc[nH]2)c2ccc(C#N)cc2CN1S(C)(=O)=O. The summed E-state index contributed by atoms with van der Waals surface area (Å²) in [7, 11) is -3.50. The Kier molecular flexibility index (Phi) is 5.81. The minimum atomic E-state index is -3.50. The Balaban J connectivity index is 1.82. The van der Waals surface area contributed by atoms with Crippen molar-refractivity contribution in [3.05, 3.63) is 83.4 Å². The number of nitrogens with zero attached hydrogens (tertiary/aromatic N) is 4. The Morgan fingerprint density at radius 1 is 1.26 bits per heavy atom. The molecule has 3 aromatic rings. The van der Waals surface area contributed by atoms with E-state index < -0.39 is 10.0 Å². The highest BCUT2D eigenvalue weighted by atomic mass is 32.2. The van der Waals surface area contributed by atoms with Crippen LogP contribution in [0.2, 0.25) is 0 Å². The number of rotatable bonds is 5. The lowest BCUT2D eigenvalue weighted by atomic mass is 9.93. The summed E-state index contributed by atoms with van der Waals surface area (Å²) >= 11 is 0. The largest absolute Gasteiger partial charge is 0.364 e. The van der Waals surface area contributed by atoms with E-state index in [2.05, 4.69) is 27.9 Å². The van der Waals surface area contributed by atoms with Gasteiger partial charge in [0.25, 0.3) is 0 Å². The summed E-state index contributed by atoms with van der Waals surface area (Å²) in [4.78, 5) is 9.44. The van der Waals surface area contributed by atoms with Crippen LogP contribution in [0.5, 0.6) is 0 Å². The van der Waals surface area contributed by atoms with Crippen molar-refractivity contribution in [1.29, 1.82) is 5.26 Å². The average Bonchev–Trinajstić information content (AvgIpc) is 3.21. The molecule has 4 rings (SSSR count). The summed E-state index contributed by atoms with van der Waals surface area (Å²) in [5.74, 6) is -0.0232. The number of hydrogen-bond donors (Lipinski definition) is 1. The molecule has 0 saturated heterocycles. The molecule has 0 bridgehead atoms. The maximum Gasteiger partial charge on any atom is 0.211 e. The van der Waals surface area contributed by atoms with Crippen LogP contribution >= 0.6 is 0 Å². The summed E-state index contributed by atoms with van der Waals surface area (Å²) in [6.07, 6.45) is 4.67. The number of benzene rings is 2. The Labute approximate surface area is 183 Å². The van der Waals surface area contributed by atoms with Crippen molar-refractivity contribution < 1.29 is 8.42 Å². The van der Waals surface area contributed by atoms with Gasteiger partial charge in [0.15, 0.2) is 0 Å². The highest BCUT2D eigenvalue weighted by Gasteiger charge is 2.37. The monoisotopic (exact) mass is 435 g/mol. The van der Waals surface area contributed by atoms with E-state index in [9.17, 15) is 13.7 Å². The first-order chi connectivity index (χ1) is 14.9. The number of fused-ring (bicyclic) bond motifs is 1. The van der Waals surface area contributed by atoms with Crippen molar-refractivity contribution in [2.45, 2.75) is 32.0 Å². The summed E-state index contributed by atoms with van der Waals surface area (Å²) in [5.41, 5.74) is 4.31. The van der Waals surface area contributed by atoms with Gasteiger partial charge in [0.1, 0.15) is 0 Å². The van der Waals surface area contributed by atoms with E-state index in [0.29, 0.717) is 18.7 Å². The average molecular weight is 436 g/mol. The lowest BCUT2D eigenvalue weighted by molar-refractivity contribution is 0.290. The smallest absolute Gasteiger partial charge is 0.211 e. The first-order valence-electron chi connectivity index (χ1n) is 10.1. The van der Waals surface area contributed by atoms with E-state index in [4.69, 9.17) is 0 Å². The maximum atomic E-state index is 12.9. The molecule has 8 heteroatoms. The van der Waals surface area contributed by atoms with Gasteiger partial charge < -0.3 is 9.88 Å². The third-order valence-electron chi connectivity index (χ3n) is 5.90. The first kappa shape index (κ1) is 21.1. The molecular weight excluding hydrogens is 410 g/mol. The number of anilines is 1. The number of H-pyrrole nitrogens is 1. The Bertz CT molecular complexity index is 1190. The summed E-state index contributed by atoms with van der Waals surface area (Å²) in [5, 5.41) is 9.39. The van der Waals surface area contributed by atoms with E-state index in [1.807, 2.05) is 36.4 Å². The molecular formula is C23H25N5O2S. The standard InChI is InChI=1S/C23H25N5O2S/c1-17(19-6-4-3-5-7-19)23-15-27(14-21-12-25-16-26-21)22-9-8-18(11-24)10-20(22)13-28(23)31(2,29)30/h3-10,12,16-17,23H,13-15H2,1-2H3,(H,25,26)/t17-,23+/m1/s1. The number of aromatic amines is 1. The van der Waals surface area contributed by atoms with Gasteiger partial charge in [0.05, 0.1) is 36.5 Å². The second-order valence-corrected chi connectivity index (χ2v) is 9.92. The van der Waals surface area contributed by atoms with Crippen LogP contribution in [0.15, 0.2) is 61.1 Å². The zero-order chi connectivity index (χ0) is 22.0. The fraction of sp³-hybridized carbons (Fsp3) is 0.304. The molecule has 160 valence electrons. The van der Waals surface area contributed by atoms with E-state index in [1.54, 1.807) is 29.0 Å². The van der Waals surface area contributed by atoms with Crippen LogP contribution in [0.25, 0.3) is 0 Å². The lowest BCUT2D eigenvalue weighted by Crippen LogP contribution is -2.46. The Morgan fingerprint density at radius 3 is 2.68 bits per heavy atom. The van der Waals surface area contributed by atoms with E-state index in [-0.39, 0.29) is 18.5 Å². The molecule has 0 unspecified atom stereocenters. The van der Waals surface area contributed by atoms with Gasteiger partial charge in [-0.25, -0.2) is 13.4 Å². The van der Waals surface area contributed by atoms with Crippen molar-refractivity contribution in [3.8, 4) is 6.07 Å². The van der Waals surface area contributed by atoms with Gasteiger partial charge in [-0.2, -0.15) is 9.57 Å². The molecule has 2 heterocycles. The summed E-state index contributed by atoms with van der Waals surface area (Å²) in [6, 6.07) is 17.4. The molecule has 0 amide bonds. The van der Waals surface area contributed by atoms with Crippen molar-refractivity contribution in [2.75, 3.05) is 17.7 Å². The Morgan fingerprint density at radius 2 is 2.03 bits per heavy atom. The lowest BCUT2D eigenvalue weighted by Gasteiger charge is -2.35. The minimum Gasteiger partial charge on any atom is -0.364 e. The molecule has 1 N–H and O–H groups in total.